The summed E-state index contributed by atoms with van der Waals surface area (Å²) in [5.41, 5.74) is 0. The third-order valence-corrected chi connectivity index (χ3v) is 3.57. The van der Waals surface area contributed by atoms with Crippen LogP contribution in [0.15, 0.2) is 11.1 Å². The third kappa shape index (κ3) is 3.57. The normalized spacial score (nSPS) is 15.6. The van der Waals surface area contributed by atoms with Crippen molar-refractivity contribution in [2.75, 3.05) is 25.1 Å². The fourth-order valence-corrected chi connectivity index (χ4v) is 2.50. The largest absolute Gasteiger partial charge is 0.379 e. The predicted octanol–water partition coefficient (Wildman–Crippen LogP) is 2.35. The van der Waals surface area contributed by atoms with Gasteiger partial charge in [-0.3, -0.25) is 0 Å². The van der Waals surface area contributed by atoms with Crippen LogP contribution in [0.2, 0.25) is 0 Å². The molecule has 0 saturated carbocycles. The number of aryl methyl sites for hydroxylation is 1. The molecule has 4 nitrogen and oxygen atoms in total. The van der Waals surface area contributed by atoms with Gasteiger partial charge in [-0.25, -0.2) is 9.97 Å². The standard InChI is InChI=1S/C12H19N3OS/c1-3-5-13-11-6-12(15-10(4-2)14-11)17-9-7-16-8-9/h6,9H,3-5,7-8H2,1-2H3,(H,13,14,15). The Bertz CT molecular complexity index is 369. The van der Waals surface area contributed by atoms with E-state index in [0.717, 1.165) is 49.3 Å². The molecule has 0 aliphatic carbocycles. The van der Waals surface area contributed by atoms with Crippen LogP contribution in [0.1, 0.15) is 26.1 Å². The zero-order valence-corrected chi connectivity index (χ0v) is 11.2. The van der Waals surface area contributed by atoms with Gasteiger partial charge in [-0.15, -0.1) is 0 Å². The molecule has 94 valence electrons. The Morgan fingerprint density at radius 2 is 2.24 bits per heavy atom. The van der Waals surface area contributed by atoms with Gasteiger partial charge in [-0.05, 0) is 6.42 Å². The van der Waals surface area contributed by atoms with Crippen LogP contribution < -0.4 is 5.32 Å². The molecule has 0 amide bonds. The van der Waals surface area contributed by atoms with Crippen LogP contribution in [0.4, 0.5) is 5.82 Å². The summed E-state index contributed by atoms with van der Waals surface area (Å²) in [6.07, 6.45) is 1.97. The highest BCUT2D eigenvalue weighted by atomic mass is 32.2. The molecular formula is C12H19N3OS. The van der Waals surface area contributed by atoms with E-state index in [9.17, 15) is 0 Å². The topological polar surface area (TPSA) is 47.0 Å². The fourth-order valence-electron chi connectivity index (χ4n) is 1.49. The van der Waals surface area contributed by atoms with E-state index in [2.05, 4.69) is 29.1 Å². The first-order valence-corrected chi connectivity index (χ1v) is 7.06. The minimum absolute atomic E-state index is 0.564. The number of hydrogen-bond acceptors (Lipinski definition) is 5. The minimum atomic E-state index is 0.564. The van der Waals surface area contributed by atoms with E-state index in [1.807, 2.05) is 6.07 Å². The number of nitrogens with one attached hydrogen (secondary N) is 1. The molecule has 0 spiro atoms. The second-order valence-electron chi connectivity index (χ2n) is 4.07. The van der Waals surface area contributed by atoms with Gasteiger partial charge in [0.05, 0.1) is 18.5 Å². The van der Waals surface area contributed by atoms with Gasteiger partial charge in [0.25, 0.3) is 0 Å². The summed E-state index contributed by atoms with van der Waals surface area (Å²) in [4.78, 5) is 9.01. The highest BCUT2D eigenvalue weighted by Gasteiger charge is 2.20. The fraction of sp³-hybridized carbons (Fsp3) is 0.667. The van der Waals surface area contributed by atoms with Crippen LogP contribution in [-0.4, -0.2) is 35.0 Å². The number of nitrogens with zero attached hydrogens (tertiary/aromatic N) is 2. The van der Waals surface area contributed by atoms with E-state index < -0.39 is 0 Å². The molecule has 2 rings (SSSR count). The van der Waals surface area contributed by atoms with Gasteiger partial charge in [0.1, 0.15) is 16.7 Å². The van der Waals surface area contributed by atoms with Gasteiger partial charge in [0.2, 0.25) is 0 Å². The van der Waals surface area contributed by atoms with Crippen LogP contribution in [0.25, 0.3) is 0 Å². The molecule has 1 aliphatic heterocycles. The van der Waals surface area contributed by atoms with Gasteiger partial charge < -0.3 is 10.1 Å². The Kier molecular flexibility index (Phi) is 4.62. The Balaban J connectivity index is 2.06. The lowest BCUT2D eigenvalue weighted by Crippen LogP contribution is -2.30. The van der Waals surface area contributed by atoms with Gasteiger partial charge in [0.15, 0.2) is 0 Å². The second kappa shape index (κ2) is 6.21. The quantitative estimate of drug-likeness (QED) is 0.789. The van der Waals surface area contributed by atoms with Crippen molar-refractivity contribution in [3.63, 3.8) is 0 Å². The molecule has 1 aliphatic rings. The molecular weight excluding hydrogens is 234 g/mol. The maximum absolute atomic E-state index is 5.18. The lowest BCUT2D eigenvalue weighted by molar-refractivity contribution is 0.0454. The van der Waals surface area contributed by atoms with Crippen molar-refractivity contribution in [3.8, 4) is 0 Å². The monoisotopic (exact) mass is 253 g/mol. The first kappa shape index (κ1) is 12.6. The number of rotatable bonds is 6. The van der Waals surface area contributed by atoms with E-state index in [4.69, 9.17) is 4.74 Å². The smallest absolute Gasteiger partial charge is 0.131 e. The van der Waals surface area contributed by atoms with Crippen LogP contribution in [0, 0.1) is 0 Å². The highest BCUT2D eigenvalue weighted by Crippen LogP contribution is 2.27. The number of hydrogen-bond donors (Lipinski definition) is 1. The highest BCUT2D eigenvalue weighted by molar-refractivity contribution is 8.00. The van der Waals surface area contributed by atoms with E-state index in [1.165, 1.54) is 0 Å². The van der Waals surface area contributed by atoms with Crippen LogP contribution in [-0.2, 0) is 11.2 Å². The first-order chi connectivity index (χ1) is 8.31. The molecule has 0 aromatic carbocycles. The molecule has 0 bridgehead atoms. The van der Waals surface area contributed by atoms with E-state index in [0.29, 0.717) is 5.25 Å². The summed E-state index contributed by atoms with van der Waals surface area (Å²) < 4.78 is 5.18. The molecule has 1 N–H and O–H groups in total. The van der Waals surface area contributed by atoms with E-state index >= 15 is 0 Å². The maximum atomic E-state index is 5.18. The number of anilines is 1. The van der Waals surface area contributed by atoms with Crippen LogP contribution in [0.3, 0.4) is 0 Å². The van der Waals surface area contributed by atoms with Crippen molar-refractivity contribution in [3.05, 3.63) is 11.9 Å². The second-order valence-corrected chi connectivity index (χ2v) is 5.39. The SMILES string of the molecule is CCCNc1cc(SC2COC2)nc(CC)n1. The summed E-state index contributed by atoms with van der Waals surface area (Å²) in [6.45, 7) is 6.87. The zero-order chi connectivity index (χ0) is 12.1. The Labute approximate surface area is 107 Å². The molecule has 2 heterocycles. The molecule has 17 heavy (non-hydrogen) atoms. The zero-order valence-electron chi connectivity index (χ0n) is 10.4. The van der Waals surface area contributed by atoms with Gasteiger partial charge >= 0.3 is 0 Å². The third-order valence-electron chi connectivity index (χ3n) is 2.52. The summed E-state index contributed by atoms with van der Waals surface area (Å²) in [5, 5.41) is 4.95. The van der Waals surface area contributed by atoms with Crippen molar-refractivity contribution >= 4 is 17.6 Å². The molecule has 1 fully saturated rings. The lowest BCUT2D eigenvalue weighted by Gasteiger charge is -2.24. The average Bonchev–Trinajstić information content (AvgIpc) is 2.31. The van der Waals surface area contributed by atoms with Crippen molar-refractivity contribution in [1.29, 1.82) is 0 Å². The minimum Gasteiger partial charge on any atom is -0.379 e. The van der Waals surface area contributed by atoms with E-state index in [1.54, 1.807) is 11.8 Å². The van der Waals surface area contributed by atoms with Crippen molar-refractivity contribution < 1.29 is 4.74 Å². The Morgan fingerprint density at radius 1 is 1.41 bits per heavy atom. The van der Waals surface area contributed by atoms with Gasteiger partial charge in [-0.1, -0.05) is 25.6 Å². The molecule has 1 aromatic rings. The Morgan fingerprint density at radius 3 is 2.82 bits per heavy atom. The van der Waals surface area contributed by atoms with Crippen molar-refractivity contribution in [1.82, 2.24) is 9.97 Å². The van der Waals surface area contributed by atoms with Crippen LogP contribution >= 0.6 is 11.8 Å². The molecule has 0 atom stereocenters. The summed E-state index contributed by atoms with van der Waals surface area (Å²) in [7, 11) is 0. The van der Waals surface area contributed by atoms with Crippen molar-refractivity contribution in [2.45, 2.75) is 37.0 Å². The number of aromatic nitrogens is 2. The molecule has 1 saturated heterocycles. The van der Waals surface area contributed by atoms with Gasteiger partial charge in [-0.2, -0.15) is 0 Å². The predicted molar refractivity (Wildman–Crippen MR) is 70.7 cm³/mol. The molecule has 0 radical (unpaired) electrons. The Hall–Kier alpha value is -0.810. The van der Waals surface area contributed by atoms with E-state index in [-0.39, 0.29) is 0 Å². The number of ether oxygens (including phenoxy) is 1. The summed E-state index contributed by atoms with van der Waals surface area (Å²) in [6, 6.07) is 2.04. The summed E-state index contributed by atoms with van der Waals surface area (Å²) in [5.74, 6) is 1.86. The maximum Gasteiger partial charge on any atom is 0.131 e. The molecule has 1 aromatic heterocycles. The average molecular weight is 253 g/mol. The summed E-state index contributed by atoms with van der Waals surface area (Å²) >= 11 is 1.79. The molecule has 5 heteroatoms. The first-order valence-electron chi connectivity index (χ1n) is 6.18. The number of thioether (sulfide) groups is 1. The van der Waals surface area contributed by atoms with Crippen LogP contribution in [0.5, 0.6) is 0 Å². The van der Waals surface area contributed by atoms with Gasteiger partial charge in [0, 0.05) is 19.0 Å². The molecule has 0 unspecified atom stereocenters. The van der Waals surface area contributed by atoms with Crippen molar-refractivity contribution in [2.24, 2.45) is 0 Å². The lowest BCUT2D eigenvalue weighted by atomic mass is 10.4.